The molecule has 0 atom stereocenters. The van der Waals surface area contributed by atoms with Gasteiger partial charge in [0, 0.05) is 13.1 Å². The summed E-state index contributed by atoms with van der Waals surface area (Å²) in [5.41, 5.74) is 0. The number of rotatable bonds is 4. The molecule has 0 spiro atoms. The number of hydrogen-bond acceptors (Lipinski definition) is 3. The van der Waals surface area contributed by atoms with E-state index in [1.54, 1.807) is 0 Å². The first-order chi connectivity index (χ1) is 6.08. The summed E-state index contributed by atoms with van der Waals surface area (Å²) in [7, 11) is 0. The highest BCUT2D eigenvalue weighted by Gasteiger charge is 2.23. The van der Waals surface area contributed by atoms with Crippen molar-refractivity contribution in [2.75, 3.05) is 26.2 Å². The van der Waals surface area contributed by atoms with E-state index in [1.807, 2.05) is 4.90 Å². The number of nitrogens with zero attached hydrogens (tertiary/aromatic N) is 1. The first-order valence-corrected chi connectivity index (χ1v) is 4.29. The van der Waals surface area contributed by atoms with E-state index < -0.39 is 5.97 Å². The Morgan fingerprint density at radius 3 is 2.62 bits per heavy atom. The topological polar surface area (TPSA) is 69.6 Å². The van der Waals surface area contributed by atoms with Crippen molar-refractivity contribution in [3.05, 3.63) is 0 Å². The van der Waals surface area contributed by atoms with Crippen LogP contribution < -0.4 is 5.32 Å². The average molecular weight is 186 g/mol. The van der Waals surface area contributed by atoms with Crippen molar-refractivity contribution in [1.29, 1.82) is 0 Å². The van der Waals surface area contributed by atoms with E-state index >= 15 is 0 Å². The van der Waals surface area contributed by atoms with E-state index in [9.17, 15) is 9.59 Å². The summed E-state index contributed by atoms with van der Waals surface area (Å²) in [5.74, 6) is -0.563. The molecule has 1 rings (SSSR count). The molecule has 1 saturated heterocycles. The van der Waals surface area contributed by atoms with Crippen LogP contribution in [-0.2, 0) is 9.59 Å². The van der Waals surface area contributed by atoms with Gasteiger partial charge in [0.05, 0.1) is 6.54 Å². The van der Waals surface area contributed by atoms with Crippen molar-refractivity contribution >= 4 is 11.9 Å². The predicted octanol–water partition coefficient (Wildman–Crippen LogP) is -0.861. The minimum absolute atomic E-state index is 0.214. The molecule has 2 N–H and O–H groups in total. The molecular weight excluding hydrogens is 172 g/mol. The maximum atomic E-state index is 11.0. The third kappa shape index (κ3) is 3.42. The number of nitrogens with one attached hydrogen (secondary N) is 1. The quantitative estimate of drug-likeness (QED) is 0.599. The largest absolute Gasteiger partial charge is 0.480 e. The van der Waals surface area contributed by atoms with Crippen LogP contribution in [0.1, 0.15) is 6.92 Å². The maximum absolute atomic E-state index is 11.0. The number of likely N-dealkylation sites (tertiary alicyclic amines) is 1. The Morgan fingerprint density at radius 2 is 2.15 bits per heavy atom. The number of hydrogen-bond donors (Lipinski definition) is 2. The average Bonchev–Trinajstić information content (AvgIpc) is 1.98. The molecule has 1 fully saturated rings. The molecule has 5 heteroatoms. The first kappa shape index (κ1) is 9.98. The zero-order valence-electron chi connectivity index (χ0n) is 7.62. The highest BCUT2D eigenvalue weighted by molar-refractivity contribution is 5.82. The SMILES string of the molecule is CC1CN(CC(=O)NCC(=O)O)C1. The van der Waals surface area contributed by atoms with Gasteiger partial charge < -0.3 is 10.4 Å². The summed E-state index contributed by atoms with van der Waals surface area (Å²) < 4.78 is 0. The van der Waals surface area contributed by atoms with E-state index in [0.717, 1.165) is 13.1 Å². The molecule has 74 valence electrons. The second-order valence-corrected chi connectivity index (χ2v) is 3.47. The number of carbonyl (C=O) groups excluding carboxylic acids is 1. The van der Waals surface area contributed by atoms with Crippen LogP contribution in [0.3, 0.4) is 0 Å². The fourth-order valence-electron chi connectivity index (χ4n) is 1.39. The fraction of sp³-hybridized carbons (Fsp3) is 0.750. The van der Waals surface area contributed by atoms with Crippen molar-refractivity contribution in [3.8, 4) is 0 Å². The highest BCUT2D eigenvalue weighted by atomic mass is 16.4. The third-order valence-electron chi connectivity index (χ3n) is 1.94. The summed E-state index contributed by atoms with van der Waals surface area (Å²) in [6.07, 6.45) is 0. The van der Waals surface area contributed by atoms with Gasteiger partial charge in [-0.25, -0.2) is 0 Å². The lowest BCUT2D eigenvalue weighted by Gasteiger charge is -2.36. The first-order valence-electron chi connectivity index (χ1n) is 4.29. The minimum atomic E-state index is -1.01. The molecule has 13 heavy (non-hydrogen) atoms. The van der Waals surface area contributed by atoms with Crippen molar-refractivity contribution in [3.63, 3.8) is 0 Å². The van der Waals surface area contributed by atoms with Crippen molar-refractivity contribution < 1.29 is 14.7 Å². The lowest BCUT2D eigenvalue weighted by atomic mass is 10.0. The summed E-state index contributed by atoms with van der Waals surface area (Å²) in [5, 5.41) is 10.6. The van der Waals surface area contributed by atoms with E-state index in [4.69, 9.17) is 5.11 Å². The number of carboxylic acids is 1. The Bertz CT molecular complexity index is 211. The monoisotopic (exact) mass is 186 g/mol. The number of amides is 1. The lowest BCUT2D eigenvalue weighted by molar-refractivity contribution is -0.138. The van der Waals surface area contributed by atoms with Gasteiger partial charge in [-0.05, 0) is 5.92 Å². The normalized spacial score (nSPS) is 17.9. The molecule has 5 nitrogen and oxygen atoms in total. The number of aliphatic carboxylic acids is 1. The third-order valence-corrected chi connectivity index (χ3v) is 1.94. The smallest absolute Gasteiger partial charge is 0.322 e. The molecule has 0 aromatic heterocycles. The number of carboxylic acid groups (broad SMARTS) is 1. The zero-order chi connectivity index (χ0) is 9.84. The van der Waals surface area contributed by atoms with Gasteiger partial charge in [0.1, 0.15) is 6.54 Å². The van der Waals surface area contributed by atoms with E-state index in [0.29, 0.717) is 12.5 Å². The number of carbonyl (C=O) groups is 2. The summed E-state index contributed by atoms with van der Waals surface area (Å²) in [6, 6.07) is 0. The summed E-state index contributed by atoms with van der Waals surface area (Å²) >= 11 is 0. The van der Waals surface area contributed by atoms with Crippen molar-refractivity contribution in [2.24, 2.45) is 5.92 Å². The molecule has 1 amide bonds. The van der Waals surface area contributed by atoms with Crippen LogP contribution in [0.25, 0.3) is 0 Å². The lowest BCUT2D eigenvalue weighted by Crippen LogP contribution is -2.50. The molecule has 0 bridgehead atoms. The van der Waals surface area contributed by atoms with Crippen LogP contribution >= 0.6 is 0 Å². The van der Waals surface area contributed by atoms with Crippen LogP contribution in [0.4, 0.5) is 0 Å². The van der Waals surface area contributed by atoms with Crippen LogP contribution in [0.5, 0.6) is 0 Å². The van der Waals surface area contributed by atoms with Gasteiger partial charge in [0.25, 0.3) is 0 Å². The van der Waals surface area contributed by atoms with Crippen molar-refractivity contribution in [1.82, 2.24) is 10.2 Å². The zero-order valence-corrected chi connectivity index (χ0v) is 7.62. The Balaban J connectivity index is 2.08. The van der Waals surface area contributed by atoms with Crippen molar-refractivity contribution in [2.45, 2.75) is 6.92 Å². The highest BCUT2D eigenvalue weighted by Crippen LogP contribution is 2.12. The molecule has 0 aliphatic carbocycles. The molecule has 0 unspecified atom stereocenters. The molecule has 1 aliphatic heterocycles. The summed E-state index contributed by atoms with van der Waals surface area (Å²) in [4.78, 5) is 23.1. The van der Waals surface area contributed by atoms with Gasteiger partial charge in [-0.1, -0.05) is 6.92 Å². The van der Waals surface area contributed by atoms with Gasteiger partial charge in [0.2, 0.25) is 5.91 Å². The van der Waals surface area contributed by atoms with E-state index in [1.165, 1.54) is 0 Å². The molecule has 0 saturated carbocycles. The van der Waals surface area contributed by atoms with Crippen LogP contribution in [-0.4, -0.2) is 48.1 Å². The Labute approximate surface area is 76.7 Å². The van der Waals surface area contributed by atoms with Gasteiger partial charge in [0.15, 0.2) is 0 Å². The standard InChI is InChI=1S/C8H14N2O3/c1-6-3-10(4-6)5-7(11)9-2-8(12)13/h6H,2-5H2,1H3,(H,9,11)(H,12,13). The van der Waals surface area contributed by atoms with Gasteiger partial charge in [-0.2, -0.15) is 0 Å². The maximum Gasteiger partial charge on any atom is 0.322 e. The molecule has 1 aliphatic rings. The Hall–Kier alpha value is -1.10. The fourth-order valence-corrected chi connectivity index (χ4v) is 1.39. The predicted molar refractivity (Wildman–Crippen MR) is 46.2 cm³/mol. The molecule has 0 radical (unpaired) electrons. The van der Waals surface area contributed by atoms with Crippen LogP contribution in [0.2, 0.25) is 0 Å². The van der Waals surface area contributed by atoms with E-state index in [-0.39, 0.29) is 12.5 Å². The van der Waals surface area contributed by atoms with Gasteiger partial charge in [-0.15, -0.1) is 0 Å². The second-order valence-electron chi connectivity index (χ2n) is 3.47. The molecule has 1 heterocycles. The van der Waals surface area contributed by atoms with Crippen LogP contribution in [0, 0.1) is 5.92 Å². The Morgan fingerprint density at radius 1 is 1.54 bits per heavy atom. The molecular formula is C8H14N2O3. The summed E-state index contributed by atoms with van der Waals surface area (Å²) in [6.45, 7) is 4.01. The van der Waals surface area contributed by atoms with Gasteiger partial charge in [-0.3, -0.25) is 14.5 Å². The van der Waals surface area contributed by atoms with Gasteiger partial charge >= 0.3 is 5.97 Å². The Kier molecular flexibility index (Phi) is 3.25. The van der Waals surface area contributed by atoms with Crippen LogP contribution in [0.15, 0.2) is 0 Å². The van der Waals surface area contributed by atoms with E-state index in [2.05, 4.69) is 12.2 Å². The molecule has 0 aromatic carbocycles. The molecule has 0 aromatic rings. The minimum Gasteiger partial charge on any atom is -0.480 e. The second kappa shape index (κ2) is 4.23.